The van der Waals surface area contributed by atoms with Gasteiger partial charge >= 0.3 is 0 Å². The molecule has 0 amide bonds. The Morgan fingerprint density at radius 3 is 2.62 bits per heavy atom. The topological polar surface area (TPSA) is 34.6 Å². The molecule has 1 fully saturated rings. The second-order valence-corrected chi connectivity index (χ2v) is 6.47. The van der Waals surface area contributed by atoms with Crippen molar-refractivity contribution in [2.24, 2.45) is 5.92 Å². The Kier molecular flexibility index (Phi) is 5.83. The Morgan fingerprint density at radius 1 is 1.12 bits per heavy atom. The first-order valence-corrected chi connectivity index (χ1v) is 8.55. The van der Waals surface area contributed by atoms with Crippen LogP contribution in [0.3, 0.4) is 0 Å². The van der Waals surface area contributed by atoms with Gasteiger partial charge in [0.1, 0.15) is 5.75 Å². The van der Waals surface area contributed by atoms with Gasteiger partial charge in [0.25, 0.3) is 0 Å². The second-order valence-electron chi connectivity index (χ2n) is 6.47. The molecule has 0 spiro atoms. The molecule has 4 heteroatoms. The molecule has 0 N–H and O–H groups in total. The van der Waals surface area contributed by atoms with Crippen LogP contribution in [0, 0.1) is 5.92 Å². The minimum absolute atomic E-state index is 0.331. The van der Waals surface area contributed by atoms with Gasteiger partial charge in [0.2, 0.25) is 0 Å². The maximum absolute atomic E-state index is 5.76. The van der Waals surface area contributed by atoms with Crippen LogP contribution >= 0.6 is 0 Å². The third-order valence-electron chi connectivity index (χ3n) is 4.84. The van der Waals surface area contributed by atoms with Crippen LogP contribution < -0.4 is 4.74 Å². The van der Waals surface area contributed by atoms with Crippen molar-refractivity contribution < 1.29 is 9.47 Å². The third kappa shape index (κ3) is 4.34. The summed E-state index contributed by atoms with van der Waals surface area (Å²) in [6, 6.07) is 12.5. The summed E-state index contributed by atoms with van der Waals surface area (Å²) in [4.78, 5) is 6.74. The Morgan fingerprint density at radius 2 is 1.96 bits per heavy atom. The summed E-state index contributed by atoms with van der Waals surface area (Å²) in [6.07, 6.45) is 6.23. The first kappa shape index (κ1) is 16.9. The molecule has 2 atom stereocenters. The summed E-state index contributed by atoms with van der Waals surface area (Å²) in [5.41, 5.74) is 2.61. The van der Waals surface area contributed by atoms with Gasteiger partial charge in [-0.1, -0.05) is 18.2 Å². The zero-order valence-electron chi connectivity index (χ0n) is 14.5. The lowest BCUT2D eigenvalue weighted by Crippen LogP contribution is -2.44. The van der Waals surface area contributed by atoms with Gasteiger partial charge in [-0.25, -0.2) is 0 Å². The van der Waals surface area contributed by atoms with Crippen LogP contribution in [0.1, 0.15) is 17.5 Å². The molecule has 1 aromatic carbocycles. The molecular weight excluding hydrogens is 300 g/mol. The van der Waals surface area contributed by atoms with E-state index in [-0.39, 0.29) is 0 Å². The number of hydrogen-bond donors (Lipinski definition) is 0. The molecule has 2 aromatic rings. The second kappa shape index (κ2) is 8.27. The fourth-order valence-corrected chi connectivity index (χ4v) is 3.55. The number of benzene rings is 1. The standard InChI is InChI=1S/C20H26N2O2/c1-23-19-7-5-16(6-8-19)12-18-15-22(11-9-20(18)24-2)14-17-4-3-10-21-13-17/h3-8,10,13,18,20H,9,11-12,14-15H2,1-2H3/t18-,20+/m0/s1. The fourth-order valence-electron chi connectivity index (χ4n) is 3.55. The molecule has 128 valence electrons. The smallest absolute Gasteiger partial charge is 0.118 e. The van der Waals surface area contributed by atoms with Crippen molar-refractivity contribution in [1.29, 1.82) is 0 Å². The molecule has 0 aliphatic carbocycles. The monoisotopic (exact) mass is 326 g/mol. The van der Waals surface area contributed by atoms with Gasteiger partial charge in [-0.05, 0) is 42.2 Å². The summed E-state index contributed by atoms with van der Waals surface area (Å²) in [7, 11) is 3.54. The average Bonchev–Trinajstić information content (AvgIpc) is 2.63. The van der Waals surface area contributed by atoms with Crippen molar-refractivity contribution in [3.8, 4) is 5.75 Å². The van der Waals surface area contributed by atoms with E-state index in [0.29, 0.717) is 12.0 Å². The Balaban J connectivity index is 1.64. The van der Waals surface area contributed by atoms with Crippen molar-refractivity contribution >= 4 is 0 Å². The van der Waals surface area contributed by atoms with E-state index in [2.05, 4.69) is 28.1 Å². The summed E-state index contributed by atoms with van der Waals surface area (Å²) < 4.78 is 11.0. The zero-order chi connectivity index (χ0) is 16.8. The summed E-state index contributed by atoms with van der Waals surface area (Å²) in [5.74, 6) is 1.41. The quantitative estimate of drug-likeness (QED) is 0.817. The van der Waals surface area contributed by atoms with Crippen molar-refractivity contribution in [3.63, 3.8) is 0 Å². The van der Waals surface area contributed by atoms with Crippen LogP contribution in [0.5, 0.6) is 5.75 Å². The molecule has 0 radical (unpaired) electrons. The molecule has 0 saturated carbocycles. The van der Waals surface area contributed by atoms with Gasteiger partial charge < -0.3 is 9.47 Å². The molecule has 2 heterocycles. The van der Waals surface area contributed by atoms with Crippen LogP contribution in [0.15, 0.2) is 48.8 Å². The highest BCUT2D eigenvalue weighted by Gasteiger charge is 2.29. The SMILES string of the molecule is COc1ccc(C[C@H]2CN(Cc3cccnc3)CC[C@H]2OC)cc1. The Labute approximate surface area is 144 Å². The van der Waals surface area contributed by atoms with E-state index in [1.54, 1.807) is 7.11 Å². The van der Waals surface area contributed by atoms with Gasteiger partial charge in [0.05, 0.1) is 13.2 Å². The number of aromatic nitrogens is 1. The summed E-state index contributed by atoms with van der Waals surface area (Å²) in [5, 5.41) is 0. The number of likely N-dealkylation sites (tertiary alicyclic amines) is 1. The van der Waals surface area contributed by atoms with Gasteiger partial charge in [-0.15, -0.1) is 0 Å². The van der Waals surface area contributed by atoms with E-state index >= 15 is 0 Å². The van der Waals surface area contributed by atoms with Gasteiger partial charge in [-0.3, -0.25) is 9.88 Å². The maximum atomic E-state index is 5.76. The number of piperidine rings is 1. The molecule has 1 aliphatic heterocycles. The molecule has 0 bridgehead atoms. The lowest BCUT2D eigenvalue weighted by molar-refractivity contribution is -0.00850. The largest absolute Gasteiger partial charge is 0.497 e. The van der Waals surface area contributed by atoms with Gasteiger partial charge in [0.15, 0.2) is 0 Å². The van der Waals surface area contributed by atoms with Crippen molar-refractivity contribution in [3.05, 3.63) is 59.9 Å². The van der Waals surface area contributed by atoms with E-state index in [9.17, 15) is 0 Å². The molecule has 1 saturated heterocycles. The first-order chi connectivity index (χ1) is 11.8. The van der Waals surface area contributed by atoms with Crippen LogP contribution in [0.4, 0.5) is 0 Å². The molecule has 1 aliphatic rings. The zero-order valence-corrected chi connectivity index (χ0v) is 14.5. The lowest BCUT2D eigenvalue weighted by Gasteiger charge is -2.38. The lowest BCUT2D eigenvalue weighted by atomic mass is 9.88. The fraction of sp³-hybridized carbons (Fsp3) is 0.450. The number of methoxy groups -OCH3 is 2. The third-order valence-corrected chi connectivity index (χ3v) is 4.84. The minimum atomic E-state index is 0.331. The maximum Gasteiger partial charge on any atom is 0.118 e. The van der Waals surface area contributed by atoms with Gasteiger partial charge in [0, 0.05) is 45.1 Å². The van der Waals surface area contributed by atoms with Gasteiger partial charge in [-0.2, -0.15) is 0 Å². The number of hydrogen-bond acceptors (Lipinski definition) is 4. The number of ether oxygens (including phenoxy) is 2. The minimum Gasteiger partial charge on any atom is -0.497 e. The normalized spacial score (nSPS) is 21.6. The van der Waals surface area contributed by atoms with E-state index in [0.717, 1.165) is 38.2 Å². The highest BCUT2D eigenvalue weighted by Crippen LogP contribution is 2.25. The summed E-state index contributed by atoms with van der Waals surface area (Å²) >= 11 is 0. The van der Waals surface area contributed by atoms with Crippen LogP contribution in [0.2, 0.25) is 0 Å². The highest BCUT2D eigenvalue weighted by atomic mass is 16.5. The predicted molar refractivity (Wildman–Crippen MR) is 95.1 cm³/mol. The molecule has 24 heavy (non-hydrogen) atoms. The number of nitrogens with zero attached hydrogens (tertiary/aromatic N) is 2. The molecule has 4 nitrogen and oxygen atoms in total. The van der Waals surface area contributed by atoms with E-state index < -0.39 is 0 Å². The van der Waals surface area contributed by atoms with Crippen LogP contribution in [0.25, 0.3) is 0 Å². The number of pyridine rings is 1. The highest BCUT2D eigenvalue weighted by molar-refractivity contribution is 5.27. The molecular formula is C20H26N2O2. The van der Waals surface area contributed by atoms with E-state index in [1.807, 2.05) is 37.7 Å². The predicted octanol–water partition coefficient (Wildman–Crippen LogP) is 3.17. The number of rotatable bonds is 6. The first-order valence-electron chi connectivity index (χ1n) is 8.55. The Bertz CT molecular complexity index is 615. The van der Waals surface area contributed by atoms with Crippen molar-refractivity contribution in [2.75, 3.05) is 27.3 Å². The Hall–Kier alpha value is -1.91. The summed E-state index contributed by atoms with van der Waals surface area (Å²) in [6.45, 7) is 3.09. The van der Waals surface area contributed by atoms with Crippen LogP contribution in [-0.4, -0.2) is 43.3 Å². The average molecular weight is 326 g/mol. The van der Waals surface area contributed by atoms with E-state index in [4.69, 9.17) is 9.47 Å². The van der Waals surface area contributed by atoms with Crippen molar-refractivity contribution in [2.45, 2.75) is 25.5 Å². The molecule has 1 aromatic heterocycles. The molecule has 3 rings (SSSR count). The van der Waals surface area contributed by atoms with Crippen molar-refractivity contribution in [1.82, 2.24) is 9.88 Å². The van der Waals surface area contributed by atoms with Crippen LogP contribution in [-0.2, 0) is 17.7 Å². The van der Waals surface area contributed by atoms with E-state index in [1.165, 1.54) is 11.1 Å². The molecule has 0 unspecified atom stereocenters.